The minimum absolute atomic E-state index is 0.261. The maximum Gasteiger partial charge on any atom is 0.191 e. The van der Waals surface area contributed by atoms with Gasteiger partial charge in [-0.2, -0.15) is 5.10 Å². The lowest BCUT2D eigenvalue weighted by Gasteiger charge is -2.18. The molecule has 8 heteroatoms. The van der Waals surface area contributed by atoms with E-state index in [4.69, 9.17) is 0 Å². The first-order valence-corrected chi connectivity index (χ1v) is 10.4. The molecule has 0 radical (unpaired) electrons. The summed E-state index contributed by atoms with van der Waals surface area (Å²) in [6, 6.07) is 0.261. The Hall–Kier alpha value is -2.38. The van der Waals surface area contributed by atoms with Crippen molar-refractivity contribution in [3.63, 3.8) is 0 Å². The minimum atomic E-state index is 0.261. The van der Waals surface area contributed by atoms with Crippen molar-refractivity contribution in [1.82, 2.24) is 35.2 Å². The number of guanidine groups is 1. The third-order valence-electron chi connectivity index (χ3n) is 5.60. The SMILES string of the molecule is CN=C(NCCc1nnc2n1CCCCC2)NC(C)Cc1c(C)nn(C)c1C. The number of nitrogens with zero attached hydrogens (tertiary/aromatic N) is 6. The normalized spacial score (nSPS) is 15.8. The molecular weight excluding hydrogens is 352 g/mol. The number of aliphatic imine (C=N–C) groups is 1. The van der Waals surface area contributed by atoms with Gasteiger partial charge in [-0.1, -0.05) is 6.42 Å². The van der Waals surface area contributed by atoms with Gasteiger partial charge in [0.1, 0.15) is 11.6 Å². The number of rotatable bonds is 6. The fourth-order valence-corrected chi connectivity index (χ4v) is 3.92. The van der Waals surface area contributed by atoms with E-state index >= 15 is 0 Å². The van der Waals surface area contributed by atoms with Crippen LogP contribution in [-0.4, -0.2) is 50.1 Å². The third kappa shape index (κ3) is 4.72. The van der Waals surface area contributed by atoms with Crippen LogP contribution < -0.4 is 10.6 Å². The third-order valence-corrected chi connectivity index (χ3v) is 5.60. The molecule has 1 atom stereocenters. The van der Waals surface area contributed by atoms with Gasteiger partial charge in [-0.05, 0) is 45.6 Å². The molecule has 0 fully saturated rings. The van der Waals surface area contributed by atoms with Crippen LogP contribution in [0.1, 0.15) is 54.8 Å². The van der Waals surface area contributed by atoms with Crippen molar-refractivity contribution < 1.29 is 0 Å². The van der Waals surface area contributed by atoms with Gasteiger partial charge in [-0.3, -0.25) is 9.67 Å². The molecule has 2 N–H and O–H groups in total. The van der Waals surface area contributed by atoms with Crippen LogP contribution in [0.25, 0.3) is 0 Å². The van der Waals surface area contributed by atoms with Crippen molar-refractivity contribution in [3.05, 3.63) is 28.6 Å². The van der Waals surface area contributed by atoms with Crippen LogP contribution in [-0.2, 0) is 32.9 Å². The number of aromatic nitrogens is 5. The summed E-state index contributed by atoms with van der Waals surface area (Å²) in [7, 11) is 3.81. The Balaban J connectivity index is 1.50. The van der Waals surface area contributed by atoms with Crippen molar-refractivity contribution in [2.75, 3.05) is 13.6 Å². The van der Waals surface area contributed by atoms with E-state index in [9.17, 15) is 0 Å². The fourth-order valence-electron chi connectivity index (χ4n) is 3.92. The molecule has 0 aromatic carbocycles. The Morgan fingerprint density at radius 3 is 2.75 bits per heavy atom. The molecule has 0 aliphatic carbocycles. The summed E-state index contributed by atoms with van der Waals surface area (Å²) >= 11 is 0. The van der Waals surface area contributed by atoms with Crippen molar-refractivity contribution in [1.29, 1.82) is 0 Å². The molecule has 8 nitrogen and oxygen atoms in total. The van der Waals surface area contributed by atoms with Crippen LogP contribution in [0.2, 0.25) is 0 Å². The molecule has 1 aliphatic heterocycles. The molecule has 2 aromatic heterocycles. The summed E-state index contributed by atoms with van der Waals surface area (Å²) in [6.45, 7) is 8.21. The lowest BCUT2D eigenvalue weighted by molar-refractivity contribution is 0.596. The molecule has 3 rings (SSSR count). The predicted octanol–water partition coefficient (Wildman–Crippen LogP) is 1.69. The van der Waals surface area contributed by atoms with E-state index in [2.05, 4.69) is 56.3 Å². The molecule has 0 saturated heterocycles. The van der Waals surface area contributed by atoms with E-state index in [1.807, 2.05) is 18.8 Å². The largest absolute Gasteiger partial charge is 0.356 e. The van der Waals surface area contributed by atoms with Gasteiger partial charge < -0.3 is 15.2 Å². The van der Waals surface area contributed by atoms with Crippen molar-refractivity contribution in [3.8, 4) is 0 Å². The number of hydrogen-bond acceptors (Lipinski definition) is 4. The Morgan fingerprint density at radius 1 is 1.21 bits per heavy atom. The van der Waals surface area contributed by atoms with Gasteiger partial charge in [0.25, 0.3) is 0 Å². The maximum atomic E-state index is 4.51. The van der Waals surface area contributed by atoms with Gasteiger partial charge in [-0.15, -0.1) is 10.2 Å². The quantitative estimate of drug-likeness (QED) is 0.583. The lowest BCUT2D eigenvalue weighted by Crippen LogP contribution is -2.43. The van der Waals surface area contributed by atoms with Gasteiger partial charge in [0.05, 0.1) is 5.69 Å². The zero-order valence-electron chi connectivity index (χ0n) is 17.9. The molecule has 0 bridgehead atoms. The van der Waals surface area contributed by atoms with Gasteiger partial charge in [0, 0.05) is 51.8 Å². The standard InChI is InChI=1S/C20H34N8/c1-14(13-17-15(2)26-27(5)16(17)3)23-20(21-4)22-11-10-19-25-24-18-9-7-6-8-12-28(18)19/h14H,6-13H2,1-5H3,(H2,21,22,23). The Morgan fingerprint density at radius 2 is 2.04 bits per heavy atom. The van der Waals surface area contributed by atoms with E-state index in [-0.39, 0.29) is 6.04 Å². The van der Waals surface area contributed by atoms with Gasteiger partial charge in [0.15, 0.2) is 5.96 Å². The number of fused-ring (bicyclic) bond motifs is 1. The zero-order chi connectivity index (χ0) is 20.1. The molecule has 28 heavy (non-hydrogen) atoms. The molecule has 0 amide bonds. The number of hydrogen-bond donors (Lipinski definition) is 2. The fraction of sp³-hybridized carbons (Fsp3) is 0.700. The molecule has 2 aromatic rings. The highest BCUT2D eigenvalue weighted by atomic mass is 15.3. The van der Waals surface area contributed by atoms with Crippen LogP contribution in [0.5, 0.6) is 0 Å². The van der Waals surface area contributed by atoms with E-state index in [1.165, 1.54) is 30.5 Å². The van der Waals surface area contributed by atoms with Gasteiger partial charge in [-0.25, -0.2) is 0 Å². The second-order valence-electron chi connectivity index (χ2n) is 7.77. The van der Waals surface area contributed by atoms with Crippen LogP contribution in [0, 0.1) is 13.8 Å². The second kappa shape index (κ2) is 9.21. The summed E-state index contributed by atoms with van der Waals surface area (Å²) in [5, 5.41) is 20.2. The van der Waals surface area contributed by atoms with Crippen LogP contribution in [0.3, 0.4) is 0 Å². The smallest absolute Gasteiger partial charge is 0.191 e. The monoisotopic (exact) mass is 386 g/mol. The van der Waals surface area contributed by atoms with E-state index < -0.39 is 0 Å². The highest BCUT2D eigenvalue weighted by Crippen LogP contribution is 2.15. The van der Waals surface area contributed by atoms with Crippen LogP contribution in [0.4, 0.5) is 0 Å². The topological polar surface area (TPSA) is 84.9 Å². The predicted molar refractivity (Wildman–Crippen MR) is 112 cm³/mol. The summed E-state index contributed by atoms with van der Waals surface area (Å²) in [6.07, 6.45) is 6.55. The first-order chi connectivity index (χ1) is 13.5. The zero-order valence-corrected chi connectivity index (χ0v) is 17.9. The summed E-state index contributed by atoms with van der Waals surface area (Å²) in [4.78, 5) is 4.37. The molecule has 1 aliphatic rings. The van der Waals surface area contributed by atoms with Gasteiger partial charge >= 0.3 is 0 Å². The lowest BCUT2D eigenvalue weighted by atomic mass is 10.1. The highest BCUT2D eigenvalue weighted by molar-refractivity contribution is 5.79. The first-order valence-electron chi connectivity index (χ1n) is 10.4. The second-order valence-corrected chi connectivity index (χ2v) is 7.77. The van der Waals surface area contributed by atoms with E-state index in [1.54, 1.807) is 0 Å². The molecule has 154 valence electrons. The Labute approximate surface area is 167 Å². The molecular formula is C20H34N8. The molecule has 0 saturated carbocycles. The Kier molecular flexibility index (Phi) is 6.70. The number of aryl methyl sites for hydroxylation is 3. The first kappa shape index (κ1) is 20.4. The number of nitrogens with one attached hydrogen (secondary N) is 2. The highest BCUT2D eigenvalue weighted by Gasteiger charge is 2.16. The van der Waals surface area contributed by atoms with E-state index in [0.29, 0.717) is 0 Å². The van der Waals surface area contributed by atoms with Crippen LogP contribution >= 0.6 is 0 Å². The summed E-state index contributed by atoms with van der Waals surface area (Å²) < 4.78 is 4.26. The Bertz CT molecular complexity index is 817. The minimum Gasteiger partial charge on any atom is -0.356 e. The van der Waals surface area contributed by atoms with Gasteiger partial charge in [0.2, 0.25) is 0 Å². The summed E-state index contributed by atoms with van der Waals surface area (Å²) in [5.41, 5.74) is 3.63. The average molecular weight is 387 g/mol. The maximum absolute atomic E-state index is 4.51. The average Bonchev–Trinajstić information content (AvgIpc) is 3.04. The van der Waals surface area contributed by atoms with Crippen molar-refractivity contribution in [2.45, 2.75) is 71.9 Å². The molecule has 1 unspecified atom stereocenters. The van der Waals surface area contributed by atoms with E-state index in [0.717, 1.165) is 55.7 Å². The molecule has 0 spiro atoms. The summed E-state index contributed by atoms with van der Waals surface area (Å²) in [5.74, 6) is 3.04. The molecule has 3 heterocycles. The van der Waals surface area contributed by atoms with Crippen LogP contribution in [0.15, 0.2) is 4.99 Å². The van der Waals surface area contributed by atoms with Crippen molar-refractivity contribution >= 4 is 5.96 Å². The van der Waals surface area contributed by atoms with Crippen molar-refractivity contribution in [2.24, 2.45) is 12.0 Å².